The lowest BCUT2D eigenvalue weighted by Gasteiger charge is -2.08. The van der Waals surface area contributed by atoms with E-state index in [2.05, 4.69) is 4.74 Å². The van der Waals surface area contributed by atoms with Crippen molar-refractivity contribution < 1.29 is 23.8 Å². The van der Waals surface area contributed by atoms with Crippen LogP contribution in [0.2, 0.25) is 0 Å². The molecule has 0 saturated carbocycles. The highest BCUT2D eigenvalue weighted by Crippen LogP contribution is 2.21. The average Bonchev–Trinajstić information content (AvgIpc) is 2.85. The van der Waals surface area contributed by atoms with Gasteiger partial charge in [0, 0.05) is 5.56 Å². The largest absolute Gasteiger partial charge is 0.485 e. The number of aliphatic hydroxyl groups is 1. The minimum Gasteiger partial charge on any atom is -0.485 e. The molecule has 106 valence electrons. The van der Waals surface area contributed by atoms with Crippen molar-refractivity contribution in [1.29, 1.82) is 0 Å². The van der Waals surface area contributed by atoms with Crippen molar-refractivity contribution in [2.75, 3.05) is 7.11 Å². The number of aryl methyl sites for hydroxylation is 1. The molecule has 1 aromatic carbocycles. The van der Waals surface area contributed by atoms with Crippen LogP contribution >= 0.6 is 0 Å². The minimum absolute atomic E-state index is 0.0965. The van der Waals surface area contributed by atoms with Crippen LogP contribution in [0.4, 0.5) is 0 Å². The summed E-state index contributed by atoms with van der Waals surface area (Å²) in [7, 11) is 1.32. The molecule has 0 atom stereocenters. The molecule has 0 amide bonds. The van der Waals surface area contributed by atoms with E-state index in [0.29, 0.717) is 28.4 Å². The van der Waals surface area contributed by atoms with E-state index in [0.717, 1.165) is 0 Å². The predicted molar refractivity (Wildman–Crippen MR) is 71.5 cm³/mol. The highest BCUT2D eigenvalue weighted by molar-refractivity contribution is 5.90. The first-order chi connectivity index (χ1) is 9.65. The van der Waals surface area contributed by atoms with Gasteiger partial charge in [0.25, 0.3) is 0 Å². The van der Waals surface area contributed by atoms with Gasteiger partial charge in [-0.1, -0.05) is 18.2 Å². The fourth-order valence-electron chi connectivity index (χ4n) is 1.85. The van der Waals surface area contributed by atoms with Crippen LogP contribution in [0, 0.1) is 6.92 Å². The van der Waals surface area contributed by atoms with E-state index in [1.54, 1.807) is 25.1 Å². The van der Waals surface area contributed by atoms with Gasteiger partial charge in [0.15, 0.2) is 0 Å². The second kappa shape index (κ2) is 6.25. The van der Waals surface area contributed by atoms with Gasteiger partial charge >= 0.3 is 5.97 Å². The number of methoxy groups -OCH3 is 1. The molecular formula is C15H16O5. The maximum atomic E-state index is 11.5. The fraction of sp³-hybridized carbons (Fsp3) is 0.267. The van der Waals surface area contributed by atoms with Crippen LogP contribution < -0.4 is 4.74 Å². The molecule has 1 heterocycles. The zero-order chi connectivity index (χ0) is 14.5. The molecule has 0 aliphatic heterocycles. The van der Waals surface area contributed by atoms with Gasteiger partial charge in [-0.3, -0.25) is 0 Å². The molecule has 2 rings (SSSR count). The molecule has 5 nitrogen and oxygen atoms in total. The Morgan fingerprint density at radius 2 is 2.10 bits per heavy atom. The summed E-state index contributed by atoms with van der Waals surface area (Å²) in [5.74, 6) is 1.17. The standard InChI is InChI=1S/C15H16O5/c1-10-13(15(17)18-2)7-12(20-10)9-19-14-6-4-3-5-11(14)8-16/h3-7,16H,8-9H2,1-2H3. The van der Waals surface area contributed by atoms with Gasteiger partial charge < -0.3 is 19.0 Å². The molecule has 0 aliphatic carbocycles. The molecule has 1 N–H and O–H groups in total. The lowest BCUT2D eigenvalue weighted by molar-refractivity contribution is 0.0599. The van der Waals surface area contributed by atoms with Crippen LogP contribution in [-0.4, -0.2) is 18.2 Å². The SMILES string of the molecule is COC(=O)c1cc(COc2ccccc2CO)oc1C. The Labute approximate surface area is 116 Å². The summed E-state index contributed by atoms with van der Waals surface area (Å²) in [6, 6.07) is 8.79. The van der Waals surface area contributed by atoms with E-state index >= 15 is 0 Å². The van der Waals surface area contributed by atoms with Gasteiger partial charge in [-0.05, 0) is 19.1 Å². The van der Waals surface area contributed by atoms with Gasteiger partial charge in [0.05, 0.1) is 13.7 Å². The molecule has 0 radical (unpaired) electrons. The number of carbonyl (C=O) groups excluding carboxylic acids is 1. The van der Waals surface area contributed by atoms with Crippen LogP contribution in [-0.2, 0) is 18.0 Å². The summed E-state index contributed by atoms with van der Waals surface area (Å²) in [4.78, 5) is 11.5. The summed E-state index contributed by atoms with van der Waals surface area (Å²) in [5.41, 5.74) is 1.09. The predicted octanol–water partition coefficient (Wildman–Crippen LogP) is 2.45. The van der Waals surface area contributed by atoms with Gasteiger partial charge in [-0.25, -0.2) is 4.79 Å². The second-order valence-electron chi connectivity index (χ2n) is 4.23. The quantitative estimate of drug-likeness (QED) is 0.849. The second-order valence-corrected chi connectivity index (χ2v) is 4.23. The van der Waals surface area contributed by atoms with Crippen molar-refractivity contribution >= 4 is 5.97 Å². The molecule has 1 aromatic heterocycles. The molecule has 0 bridgehead atoms. The summed E-state index contributed by atoms with van der Waals surface area (Å²) >= 11 is 0. The number of hydrogen-bond acceptors (Lipinski definition) is 5. The average molecular weight is 276 g/mol. The first-order valence-electron chi connectivity index (χ1n) is 6.15. The van der Waals surface area contributed by atoms with Gasteiger partial charge in [-0.15, -0.1) is 0 Å². The lowest BCUT2D eigenvalue weighted by atomic mass is 10.2. The zero-order valence-electron chi connectivity index (χ0n) is 11.4. The number of rotatable bonds is 5. The van der Waals surface area contributed by atoms with E-state index < -0.39 is 5.97 Å². The number of hydrogen-bond donors (Lipinski definition) is 1. The number of carbonyl (C=O) groups is 1. The van der Waals surface area contributed by atoms with Crippen LogP contribution in [0.25, 0.3) is 0 Å². The van der Waals surface area contributed by atoms with Gasteiger partial charge in [-0.2, -0.15) is 0 Å². The normalized spacial score (nSPS) is 10.3. The molecule has 0 saturated heterocycles. The van der Waals surface area contributed by atoms with Crippen molar-refractivity contribution in [3.63, 3.8) is 0 Å². The Kier molecular flexibility index (Phi) is 4.42. The summed E-state index contributed by atoms with van der Waals surface area (Å²) in [6.45, 7) is 1.77. The monoisotopic (exact) mass is 276 g/mol. The third kappa shape index (κ3) is 3.00. The van der Waals surface area contributed by atoms with E-state index in [-0.39, 0.29) is 13.2 Å². The molecule has 5 heteroatoms. The third-order valence-corrected chi connectivity index (χ3v) is 2.89. The Balaban J connectivity index is 2.10. The number of para-hydroxylation sites is 1. The summed E-state index contributed by atoms with van der Waals surface area (Å²) in [5, 5.41) is 9.20. The van der Waals surface area contributed by atoms with E-state index in [9.17, 15) is 9.90 Å². The smallest absolute Gasteiger partial charge is 0.341 e. The van der Waals surface area contributed by atoms with Crippen LogP contribution in [0.15, 0.2) is 34.7 Å². The maximum absolute atomic E-state index is 11.5. The topological polar surface area (TPSA) is 68.9 Å². The molecule has 0 spiro atoms. The number of ether oxygens (including phenoxy) is 2. The Morgan fingerprint density at radius 1 is 1.35 bits per heavy atom. The van der Waals surface area contributed by atoms with Crippen LogP contribution in [0.5, 0.6) is 5.75 Å². The van der Waals surface area contributed by atoms with Gasteiger partial charge in [0.2, 0.25) is 0 Å². The van der Waals surface area contributed by atoms with Crippen molar-refractivity contribution in [2.24, 2.45) is 0 Å². The summed E-state index contributed by atoms with van der Waals surface area (Å²) < 4.78 is 15.7. The highest BCUT2D eigenvalue weighted by Gasteiger charge is 2.15. The van der Waals surface area contributed by atoms with Gasteiger partial charge in [0.1, 0.15) is 29.4 Å². The molecule has 20 heavy (non-hydrogen) atoms. The first kappa shape index (κ1) is 14.1. The molecular weight excluding hydrogens is 260 g/mol. The number of furan rings is 1. The van der Waals surface area contributed by atoms with E-state index in [1.165, 1.54) is 7.11 Å². The number of esters is 1. The lowest BCUT2D eigenvalue weighted by Crippen LogP contribution is -2.01. The van der Waals surface area contributed by atoms with Crippen molar-refractivity contribution in [3.05, 3.63) is 53.0 Å². The van der Waals surface area contributed by atoms with Crippen LogP contribution in [0.3, 0.4) is 0 Å². The summed E-state index contributed by atoms with van der Waals surface area (Å²) in [6.07, 6.45) is 0. The zero-order valence-corrected chi connectivity index (χ0v) is 11.4. The Hall–Kier alpha value is -2.27. The van der Waals surface area contributed by atoms with Crippen molar-refractivity contribution in [3.8, 4) is 5.75 Å². The maximum Gasteiger partial charge on any atom is 0.341 e. The van der Waals surface area contributed by atoms with Crippen molar-refractivity contribution in [2.45, 2.75) is 20.1 Å². The van der Waals surface area contributed by atoms with Crippen molar-refractivity contribution in [1.82, 2.24) is 0 Å². The Bertz CT molecular complexity index is 600. The van der Waals surface area contributed by atoms with Crippen LogP contribution in [0.1, 0.15) is 27.4 Å². The third-order valence-electron chi connectivity index (χ3n) is 2.89. The molecule has 0 fully saturated rings. The molecule has 2 aromatic rings. The molecule has 0 aliphatic rings. The molecule has 0 unspecified atom stereocenters. The fourth-order valence-corrected chi connectivity index (χ4v) is 1.85. The van der Waals surface area contributed by atoms with E-state index in [4.69, 9.17) is 9.15 Å². The number of aliphatic hydroxyl groups excluding tert-OH is 1. The number of benzene rings is 1. The first-order valence-corrected chi connectivity index (χ1v) is 6.15. The minimum atomic E-state index is -0.437. The van der Waals surface area contributed by atoms with E-state index in [1.807, 2.05) is 12.1 Å². The Morgan fingerprint density at radius 3 is 2.80 bits per heavy atom. The highest BCUT2D eigenvalue weighted by atomic mass is 16.5.